The monoisotopic (exact) mass is 250 g/mol. The average molecular weight is 250 g/mol. The van der Waals surface area contributed by atoms with Crippen molar-refractivity contribution in [2.24, 2.45) is 0 Å². The minimum atomic E-state index is -0.0463. The molecule has 7 nitrogen and oxygen atoms in total. The lowest BCUT2D eigenvalue weighted by atomic mass is 10.6. The van der Waals surface area contributed by atoms with E-state index in [0.29, 0.717) is 26.4 Å². The van der Waals surface area contributed by atoms with E-state index in [-0.39, 0.29) is 25.4 Å². The third-order valence-corrected chi connectivity index (χ3v) is 1.49. The van der Waals surface area contributed by atoms with E-state index in [2.05, 4.69) is 14.2 Å². The molecule has 2 rings (SSSR count). The van der Waals surface area contributed by atoms with Crippen LogP contribution in [0, 0.1) is 0 Å². The molecule has 2 heterocycles. The third-order valence-electron chi connectivity index (χ3n) is 1.49. The molecule has 2 saturated heterocycles. The van der Waals surface area contributed by atoms with Crippen LogP contribution in [0.3, 0.4) is 0 Å². The Morgan fingerprint density at radius 2 is 1.35 bits per heavy atom. The van der Waals surface area contributed by atoms with Crippen LogP contribution < -0.4 is 0 Å². The van der Waals surface area contributed by atoms with Gasteiger partial charge in [-0.3, -0.25) is 0 Å². The lowest BCUT2D eigenvalue weighted by Gasteiger charge is -1.94. The first-order chi connectivity index (χ1) is 8.28. The zero-order chi connectivity index (χ0) is 12.9. The molecule has 0 amide bonds. The van der Waals surface area contributed by atoms with Crippen LogP contribution in [-0.4, -0.2) is 74.6 Å². The van der Waals surface area contributed by atoms with Crippen molar-refractivity contribution in [1.29, 1.82) is 0 Å². The highest BCUT2D eigenvalue weighted by Gasteiger charge is 2.20. The molecule has 2 aliphatic heterocycles. The van der Waals surface area contributed by atoms with Crippen molar-refractivity contribution in [3.8, 4) is 0 Å². The molecule has 0 aromatic carbocycles. The quantitative estimate of drug-likeness (QED) is 0.324. The van der Waals surface area contributed by atoms with E-state index in [1.165, 1.54) is 0 Å². The smallest absolute Gasteiger partial charge is 0.151 e. The van der Waals surface area contributed by atoms with Gasteiger partial charge in [0.2, 0.25) is 0 Å². The van der Waals surface area contributed by atoms with Crippen LogP contribution in [0.25, 0.3) is 0 Å². The summed E-state index contributed by atoms with van der Waals surface area (Å²) in [4.78, 5) is 18.9. The standard InChI is InChI=1S/C4H10O3.2C3H4O2/c5-1-3-7-4-2-6;2*4-1-3-2-5-3/h5-6H,1-4H2;2*1,3H,2H2. The van der Waals surface area contributed by atoms with Gasteiger partial charge < -0.3 is 34.0 Å². The van der Waals surface area contributed by atoms with Crippen LogP contribution in [0.5, 0.6) is 0 Å². The molecular weight excluding hydrogens is 232 g/mol. The Morgan fingerprint density at radius 3 is 1.47 bits per heavy atom. The molecule has 0 bridgehead atoms. The first kappa shape index (κ1) is 16.1. The first-order valence-corrected chi connectivity index (χ1v) is 5.21. The SMILES string of the molecule is O=CC1CO1.O=CC1CO1.OCCOCCO. The molecule has 2 N–H and O–H groups in total. The molecule has 0 spiro atoms. The topological polar surface area (TPSA) is 109 Å². The van der Waals surface area contributed by atoms with Crippen molar-refractivity contribution < 1.29 is 34.0 Å². The summed E-state index contributed by atoms with van der Waals surface area (Å²) in [6.45, 7) is 1.98. The molecule has 2 aliphatic rings. The Kier molecular flexibility index (Phi) is 11.0. The Balaban J connectivity index is 0.000000229. The summed E-state index contributed by atoms with van der Waals surface area (Å²) in [6, 6.07) is 0. The largest absolute Gasteiger partial charge is 0.394 e. The number of hydrogen-bond donors (Lipinski definition) is 2. The fourth-order valence-corrected chi connectivity index (χ4v) is 0.499. The maximum absolute atomic E-state index is 9.44. The van der Waals surface area contributed by atoms with Gasteiger partial charge >= 0.3 is 0 Å². The predicted octanol–water partition coefficient (Wildman–Crippen LogP) is -1.84. The van der Waals surface area contributed by atoms with Crippen LogP contribution in [0.1, 0.15) is 0 Å². The summed E-state index contributed by atoms with van der Waals surface area (Å²) in [5.41, 5.74) is 0. The lowest BCUT2D eigenvalue weighted by Crippen LogP contribution is -2.03. The Labute approximate surface area is 99.3 Å². The number of carbonyl (C=O) groups is 2. The van der Waals surface area contributed by atoms with E-state index in [1.807, 2.05) is 0 Å². The van der Waals surface area contributed by atoms with E-state index in [0.717, 1.165) is 12.6 Å². The average Bonchev–Trinajstić information content (AvgIpc) is 3.23. The Bertz CT molecular complexity index is 169. The van der Waals surface area contributed by atoms with Crippen LogP contribution in [0.15, 0.2) is 0 Å². The minimum absolute atomic E-state index is 0.0278. The van der Waals surface area contributed by atoms with E-state index in [4.69, 9.17) is 10.2 Å². The number of carbonyl (C=O) groups excluding carboxylic acids is 2. The fraction of sp³-hybridized carbons (Fsp3) is 0.800. The number of hydrogen-bond acceptors (Lipinski definition) is 7. The van der Waals surface area contributed by atoms with E-state index >= 15 is 0 Å². The summed E-state index contributed by atoms with van der Waals surface area (Å²) < 4.78 is 13.6. The first-order valence-electron chi connectivity index (χ1n) is 5.21. The summed E-state index contributed by atoms with van der Waals surface area (Å²) >= 11 is 0. The summed E-state index contributed by atoms with van der Waals surface area (Å²) in [5, 5.41) is 16.2. The third kappa shape index (κ3) is 15.1. The van der Waals surface area contributed by atoms with Crippen molar-refractivity contribution in [2.75, 3.05) is 39.6 Å². The number of rotatable bonds is 6. The Morgan fingerprint density at radius 1 is 1.00 bits per heavy atom. The van der Waals surface area contributed by atoms with Crippen molar-refractivity contribution >= 4 is 12.6 Å². The molecule has 0 aromatic heterocycles. The van der Waals surface area contributed by atoms with Gasteiger partial charge in [-0.25, -0.2) is 0 Å². The van der Waals surface area contributed by atoms with Crippen molar-refractivity contribution in [3.63, 3.8) is 0 Å². The Hall–Kier alpha value is -0.860. The molecule has 17 heavy (non-hydrogen) atoms. The molecule has 0 aliphatic carbocycles. The van der Waals surface area contributed by atoms with Gasteiger partial charge in [-0.15, -0.1) is 0 Å². The normalized spacial score (nSPS) is 23.4. The molecule has 2 atom stereocenters. The van der Waals surface area contributed by atoms with Crippen LogP contribution in [0.4, 0.5) is 0 Å². The van der Waals surface area contributed by atoms with Gasteiger partial charge in [0.25, 0.3) is 0 Å². The number of aliphatic hydroxyl groups is 2. The van der Waals surface area contributed by atoms with Gasteiger partial charge in [0.05, 0.1) is 39.6 Å². The van der Waals surface area contributed by atoms with Gasteiger partial charge in [0.1, 0.15) is 12.2 Å². The summed E-state index contributed by atoms with van der Waals surface area (Å²) in [5.74, 6) is 0. The number of aliphatic hydroxyl groups excluding tert-OH is 2. The fourth-order valence-electron chi connectivity index (χ4n) is 0.499. The molecular formula is C10H18O7. The zero-order valence-electron chi connectivity index (χ0n) is 9.49. The highest BCUT2D eigenvalue weighted by molar-refractivity contribution is 5.59. The van der Waals surface area contributed by atoms with E-state index < -0.39 is 0 Å². The van der Waals surface area contributed by atoms with Gasteiger partial charge in [0, 0.05) is 0 Å². The number of aldehydes is 2. The molecule has 7 heteroatoms. The molecule has 100 valence electrons. The lowest BCUT2D eigenvalue weighted by molar-refractivity contribution is -0.109. The second-order valence-corrected chi connectivity index (χ2v) is 3.08. The molecule has 2 fully saturated rings. The molecule has 0 radical (unpaired) electrons. The highest BCUT2D eigenvalue weighted by atomic mass is 16.6. The summed E-state index contributed by atoms with van der Waals surface area (Å²) in [7, 11) is 0. The van der Waals surface area contributed by atoms with Crippen molar-refractivity contribution in [2.45, 2.75) is 12.2 Å². The molecule has 2 unspecified atom stereocenters. The number of epoxide rings is 2. The number of ether oxygens (including phenoxy) is 3. The maximum Gasteiger partial charge on any atom is 0.151 e. The zero-order valence-corrected chi connectivity index (χ0v) is 9.49. The minimum Gasteiger partial charge on any atom is -0.394 e. The van der Waals surface area contributed by atoms with Gasteiger partial charge in [0.15, 0.2) is 12.6 Å². The predicted molar refractivity (Wildman–Crippen MR) is 56.6 cm³/mol. The van der Waals surface area contributed by atoms with Crippen molar-refractivity contribution in [1.82, 2.24) is 0 Å². The van der Waals surface area contributed by atoms with Gasteiger partial charge in [-0.2, -0.15) is 0 Å². The van der Waals surface area contributed by atoms with Crippen molar-refractivity contribution in [3.05, 3.63) is 0 Å². The van der Waals surface area contributed by atoms with Crippen LogP contribution in [-0.2, 0) is 23.8 Å². The second-order valence-electron chi connectivity index (χ2n) is 3.08. The maximum atomic E-state index is 9.44. The van der Waals surface area contributed by atoms with E-state index in [1.54, 1.807) is 0 Å². The second kappa shape index (κ2) is 11.6. The highest BCUT2D eigenvalue weighted by Crippen LogP contribution is 2.02. The molecule has 0 aromatic rings. The van der Waals surface area contributed by atoms with Gasteiger partial charge in [-0.05, 0) is 0 Å². The molecule has 0 saturated carbocycles. The van der Waals surface area contributed by atoms with E-state index in [9.17, 15) is 9.59 Å². The van der Waals surface area contributed by atoms with Crippen LogP contribution in [0.2, 0.25) is 0 Å². The summed E-state index contributed by atoms with van der Waals surface area (Å²) in [6.07, 6.45) is 1.52. The van der Waals surface area contributed by atoms with Crippen LogP contribution >= 0.6 is 0 Å². The van der Waals surface area contributed by atoms with Gasteiger partial charge in [-0.1, -0.05) is 0 Å².